The molecule has 0 unspecified atom stereocenters. The van der Waals surface area contributed by atoms with Crippen LogP contribution in [0, 0.1) is 0 Å². The number of hydrogen-bond donors (Lipinski definition) is 2. The molecule has 0 spiro atoms. The molecule has 1 aromatic rings. The Hall–Kier alpha value is -1.62. The average molecular weight is 543 g/mol. The Bertz CT molecular complexity index is 659. The molecule has 1 amide bonds. The average Bonchev–Trinajstić information content (AvgIpc) is 2.80. The van der Waals surface area contributed by atoms with Crippen molar-refractivity contribution in [2.45, 2.75) is 32.6 Å². The minimum Gasteiger partial charge on any atom is -0.357 e. The molecule has 1 aromatic heterocycles. The zero-order valence-electron chi connectivity index (χ0n) is 18.8. The lowest BCUT2D eigenvalue weighted by atomic mass is 10.1. The van der Waals surface area contributed by atoms with Gasteiger partial charge in [-0.1, -0.05) is 12.5 Å². The number of likely N-dealkylation sites (tertiary alicyclic amines) is 1. The Kier molecular flexibility index (Phi) is 11.9. The second-order valence-corrected chi connectivity index (χ2v) is 7.90. The third-order valence-corrected chi connectivity index (χ3v) is 5.72. The van der Waals surface area contributed by atoms with Crippen LogP contribution < -0.4 is 15.5 Å². The van der Waals surface area contributed by atoms with E-state index in [2.05, 4.69) is 37.3 Å². The number of nitrogens with one attached hydrogen (secondary N) is 2. The van der Waals surface area contributed by atoms with Crippen LogP contribution >= 0.6 is 24.0 Å². The van der Waals surface area contributed by atoms with Crippen molar-refractivity contribution in [1.82, 2.24) is 25.4 Å². The van der Waals surface area contributed by atoms with Gasteiger partial charge in [0.05, 0.1) is 6.54 Å². The molecule has 31 heavy (non-hydrogen) atoms. The molecule has 2 saturated heterocycles. The lowest BCUT2D eigenvalue weighted by Gasteiger charge is -2.35. The first-order valence-corrected chi connectivity index (χ1v) is 11.4. The van der Waals surface area contributed by atoms with Crippen molar-refractivity contribution in [3.8, 4) is 0 Å². The number of rotatable bonds is 8. The number of guanidine groups is 1. The lowest BCUT2D eigenvalue weighted by molar-refractivity contribution is -0.131. The van der Waals surface area contributed by atoms with E-state index in [-0.39, 0.29) is 29.9 Å². The molecule has 174 valence electrons. The lowest BCUT2D eigenvalue weighted by Crippen LogP contribution is -2.49. The van der Waals surface area contributed by atoms with E-state index >= 15 is 0 Å². The number of halogens is 1. The van der Waals surface area contributed by atoms with Gasteiger partial charge in [0.25, 0.3) is 0 Å². The molecular formula is C22H38IN7O. The maximum Gasteiger partial charge on any atom is 0.224 e. The number of piperidine rings is 1. The summed E-state index contributed by atoms with van der Waals surface area (Å²) in [5.41, 5.74) is 0. The molecule has 8 nitrogen and oxygen atoms in total. The molecule has 2 aliphatic rings. The third-order valence-electron chi connectivity index (χ3n) is 5.72. The Labute approximate surface area is 203 Å². The number of carbonyl (C=O) groups excluding carboxylic acids is 1. The summed E-state index contributed by atoms with van der Waals surface area (Å²) in [4.78, 5) is 28.4. The standard InChI is InChI=1S/C22H37N7O.HI/c1-2-23-22(26-12-15-27-13-6-3-7-14-27)25-11-9-21(30)29-18-16-28(17-19-29)20-8-4-5-10-24-20;/h4-5,8,10H,2-3,6-7,9,11-19H2,1H3,(H2,23,25,26);1H. The first kappa shape index (κ1) is 25.6. The Balaban J connectivity index is 0.00000341. The molecule has 0 aliphatic carbocycles. The fourth-order valence-electron chi connectivity index (χ4n) is 4.00. The van der Waals surface area contributed by atoms with Gasteiger partial charge in [0.15, 0.2) is 5.96 Å². The van der Waals surface area contributed by atoms with Crippen LogP contribution in [0.15, 0.2) is 29.4 Å². The number of aromatic nitrogens is 1. The number of aliphatic imine (C=N–C) groups is 1. The van der Waals surface area contributed by atoms with Gasteiger partial charge in [-0.3, -0.25) is 9.79 Å². The van der Waals surface area contributed by atoms with Crippen LogP contribution in [0.4, 0.5) is 5.82 Å². The van der Waals surface area contributed by atoms with Crippen molar-refractivity contribution in [1.29, 1.82) is 0 Å². The minimum absolute atomic E-state index is 0. The monoisotopic (exact) mass is 543 g/mol. The summed E-state index contributed by atoms with van der Waals surface area (Å²) in [5.74, 6) is 2.00. The molecule has 2 N–H and O–H groups in total. The molecule has 0 atom stereocenters. The molecule has 2 fully saturated rings. The van der Waals surface area contributed by atoms with Crippen LogP contribution in [0.25, 0.3) is 0 Å². The maximum absolute atomic E-state index is 12.6. The zero-order valence-corrected chi connectivity index (χ0v) is 21.1. The highest BCUT2D eigenvalue weighted by atomic mass is 127. The number of hydrogen-bond acceptors (Lipinski definition) is 5. The Morgan fingerprint density at radius 3 is 2.52 bits per heavy atom. The summed E-state index contributed by atoms with van der Waals surface area (Å²) >= 11 is 0. The van der Waals surface area contributed by atoms with Crippen LogP contribution in [0.3, 0.4) is 0 Å². The predicted molar refractivity (Wildman–Crippen MR) is 137 cm³/mol. The van der Waals surface area contributed by atoms with Gasteiger partial charge in [0, 0.05) is 58.4 Å². The van der Waals surface area contributed by atoms with Gasteiger partial charge >= 0.3 is 0 Å². The summed E-state index contributed by atoms with van der Waals surface area (Å²) in [6.45, 7) is 10.8. The van der Waals surface area contributed by atoms with Crippen molar-refractivity contribution in [2.24, 2.45) is 4.99 Å². The summed E-state index contributed by atoms with van der Waals surface area (Å²) in [7, 11) is 0. The molecule has 0 saturated carbocycles. The molecule has 0 radical (unpaired) electrons. The van der Waals surface area contributed by atoms with E-state index in [1.165, 1.54) is 32.4 Å². The summed E-state index contributed by atoms with van der Waals surface area (Å²) in [6, 6.07) is 5.95. The van der Waals surface area contributed by atoms with E-state index in [9.17, 15) is 4.79 Å². The van der Waals surface area contributed by atoms with E-state index in [1.807, 2.05) is 29.3 Å². The maximum atomic E-state index is 12.6. The molecule has 3 heterocycles. The highest BCUT2D eigenvalue weighted by Crippen LogP contribution is 2.13. The third kappa shape index (κ3) is 8.80. The van der Waals surface area contributed by atoms with Crippen molar-refractivity contribution in [2.75, 3.05) is 70.3 Å². The first-order chi connectivity index (χ1) is 14.8. The quantitative estimate of drug-likeness (QED) is 0.296. The summed E-state index contributed by atoms with van der Waals surface area (Å²) in [6.07, 6.45) is 6.27. The molecule has 3 rings (SSSR count). The van der Waals surface area contributed by atoms with Gasteiger partial charge in [0.2, 0.25) is 5.91 Å². The number of pyridine rings is 1. The van der Waals surface area contributed by atoms with Crippen LogP contribution in [0.1, 0.15) is 32.6 Å². The van der Waals surface area contributed by atoms with Crippen molar-refractivity contribution >= 4 is 41.7 Å². The van der Waals surface area contributed by atoms with Gasteiger partial charge in [-0.05, 0) is 45.0 Å². The Morgan fingerprint density at radius 2 is 1.84 bits per heavy atom. The highest BCUT2D eigenvalue weighted by molar-refractivity contribution is 14.0. The van der Waals surface area contributed by atoms with Crippen molar-refractivity contribution in [3.63, 3.8) is 0 Å². The number of piperazine rings is 1. The second-order valence-electron chi connectivity index (χ2n) is 7.90. The van der Waals surface area contributed by atoms with Crippen LogP contribution in [0.5, 0.6) is 0 Å². The number of anilines is 1. The number of nitrogens with zero attached hydrogens (tertiary/aromatic N) is 5. The molecular weight excluding hydrogens is 505 g/mol. The Morgan fingerprint density at radius 1 is 1.06 bits per heavy atom. The van der Waals surface area contributed by atoms with Gasteiger partial charge in [-0.25, -0.2) is 4.98 Å². The van der Waals surface area contributed by atoms with Crippen LogP contribution in [0.2, 0.25) is 0 Å². The molecule has 9 heteroatoms. The van der Waals surface area contributed by atoms with Gasteiger partial charge in [-0.15, -0.1) is 24.0 Å². The van der Waals surface area contributed by atoms with Crippen molar-refractivity contribution < 1.29 is 4.79 Å². The minimum atomic E-state index is 0. The normalized spacial score (nSPS) is 17.8. The van der Waals surface area contributed by atoms with Gasteiger partial charge in [-0.2, -0.15) is 0 Å². The fourth-order valence-corrected chi connectivity index (χ4v) is 4.00. The topological polar surface area (TPSA) is 76.1 Å². The molecule has 0 bridgehead atoms. The molecule has 2 aliphatic heterocycles. The van der Waals surface area contributed by atoms with E-state index in [1.54, 1.807) is 0 Å². The van der Waals surface area contributed by atoms with Gasteiger partial charge in [0.1, 0.15) is 5.82 Å². The van der Waals surface area contributed by atoms with Gasteiger partial charge < -0.3 is 25.3 Å². The van der Waals surface area contributed by atoms with Crippen LogP contribution in [-0.2, 0) is 4.79 Å². The fraction of sp³-hybridized carbons (Fsp3) is 0.682. The first-order valence-electron chi connectivity index (χ1n) is 11.4. The number of carbonyl (C=O) groups is 1. The highest BCUT2D eigenvalue weighted by Gasteiger charge is 2.21. The second kappa shape index (κ2) is 14.4. The van der Waals surface area contributed by atoms with E-state index in [0.29, 0.717) is 13.0 Å². The predicted octanol–water partition coefficient (Wildman–Crippen LogP) is 1.78. The van der Waals surface area contributed by atoms with E-state index in [4.69, 9.17) is 0 Å². The van der Waals surface area contributed by atoms with E-state index in [0.717, 1.165) is 57.6 Å². The van der Waals surface area contributed by atoms with Crippen molar-refractivity contribution in [3.05, 3.63) is 24.4 Å². The molecule has 0 aromatic carbocycles. The number of amides is 1. The largest absolute Gasteiger partial charge is 0.357 e. The zero-order chi connectivity index (χ0) is 21.0. The smallest absolute Gasteiger partial charge is 0.224 e. The summed E-state index contributed by atoms with van der Waals surface area (Å²) < 4.78 is 0. The van der Waals surface area contributed by atoms with Crippen LogP contribution in [-0.4, -0.2) is 92.1 Å². The summed E-state index contributed by atoms with van der Waals surface area (Å²) in [5, 5.41) is 6.59. The SMILES string of the molecule is CCNC(=NCCN1CCCCC1)NCCC(=O)N1CCN(c2ccccn2)CC1.I. The van der Waals surface area contributed by atoms with E-state index < -0.39 is 0 Å².